The van der Waals surface area contributed by atoms with Gasteiger partial charge in [-0.3, -0.25) is 9.59 Å². The Kier molecular flexibility index (Phi) is 4.65. The molecule has 0 aliphatic carbocycles. The summed E-state index contributed by atoms with van der Waals surface area (Å²) in [5.74, 6) is -0.639. The topological polar surface area (TPSA) is 64.0 Å². The van der Waals surface area contributed by atoms with E-state index in [4.69, 9.17) is 0 Å². The van der Waals surface area contributed by atoms with E-state index in [1.54, 1.807) is 12.1 Å². The molecular formula is C15H9BrF3N3O2S. The van der Waals surface area contributed by atoms with E-state index in [1.807, 2.05) is 6.07 Å². The largest absolute Gasteiger partial charge is 0.417 e. The molecule has 0 bridgehead atoms. The first kappa shape index (κ1) is 17.6. The Morgan fingerprint density at radius 1 is 1.28 bits per heavy atom. The van der Waals surface area contributed by atoms with E-state index in [2.05, 4.69) is 26.2 Å². The van der Waals surface area contributed by atoms with Gasteiger partial charge in [-0.05, 0) is 24.3 Å². The summed E-state index contributed by atoms with van der Waals surface area (Å²) in [4.78, 5) is 27.9. The van der Waals surface area contributed by atoms with Crippen LogP contribution in [0.15, 0.2) is 45.8 Å². The van der Waals surface area contributed by atoms with Crippen LogP contribution in [0.4, 0.5) is 18.3 Å². The van der Waals surface area contributed by atoms with Crippen LogP contribution in [0, 0.1) is 0 Å². The van der Waals surface area contributed by atoms with Crippen molar-refractivity contribution < 1.29 is 18.0 Å². The van der Waals surface area contributed by atoms with Crippen molar-refractivity contribution in [1.29, 1.82) is 0 Å². The van der Waals surface area contributed by atoms with Crippen molar-refractivity contribution in [2.24, 2.45) is 0 Å². The lowest BCUT2D eigenvalue weighted by atomic mass is 10.3. The maximum absolute atomic E-state index is 12.7. The van der Waals surface area contributed by atoms with Gasteiger partial charge >= 0.3 is 6.18 Å². The van der Waals surface area contributed by atoms with Gasteiger partial charge in [0.2, 0.25) is 5.91 Å². The molecule has 2 heterocycles. The second kappa shape index (κ2) is 6.60. The fraction of sp³-hybridized carbons (Fsp3) is 0.133. The molecule has 0 saturated heterocycles. The van der Waals surface area contributed by atoms with Crippen molar-refractivity contribution in [3.8, 4) is 0 Å². The smallest absolute Gasteiger partial charge is 0.305 e. The number of amides is 1. The molecule has 1 N–H and O–H groups in total. The highest BCUT2D eigenvalue weighted by atomic mass is 79.9. The van der Waals surface area contributed by atoms with Crippen molar-refractivity contribution in [1.82, 2.24) is 9.55 Å². The van der Waals surface area contributed by atoms with Crippen molar-refractivity contribution in [3.63, 3.8) is 0 Å². The van der Waals surface area contributed by atoms with E-state index in [1.165, 1.54) is 11.3 Å². The van der Waals surface area contributed by atoms with E-state index >= 15 is 0 Å². The predicted molar refractivity (Wildman–Crippen MR) is 91.7 cm³/mol. The first-order chi connectivity index (χ1) is 11.7. The monoisotopic (exact) mass is 431 g/mol. The van der Waals surface area contributed by atoms with Crippen molar-refractivity contribution >= 4 is 48.5 Å². The number of hydrogen-bond donors (Lipinski definition) is 1. The highest BCUT2D eigenvalue weighted by Gasteiger charge is 2.31. The van der Waals surface area contributed by atoms with Gasteiger partial charge in [0.15, 0.2) is 5.13 Å². The van der Waals surface area contributed by atoms with Gasteiger partial charge in [-0.2, -0.15) is 13.2 Å². The number of alkyl halides is 3. The number of pyridine rings is 1. The van der Waals surface area contributed by atoms with Crippen LogP contribution in [0.2, 0.25) is 0 Å². The molecule has 3 rings (SSSR count). The summed E-state index contributed by atoms with van der Waals surface area (Å²) in [6.07, 6.45) is -3.97. The Balaban J connectivity index is 1.79. The van der Waals surface area contributed by atoms with Gasteiger partial charge in [-0.15, -0.1) is 0 Å². The number of rotatable bonds is 3. The second-order valence-electron chi connectivity index (χ2n) is 5.06. The van der Waals surface area contributed by atoms with Crippen LogP contribution in [-0.4, -0.2) is 15.5 Å². The molecule has 0 radical (unpaired) electrons. The molecular weight excluding hydrogens is 423 g/mol. The normalized spacial score (nSPS) is 11.7. The van der Waals surface area contributed by atoms with Crippen LogP contribution in [-0.2, 0) is 17.5 Å². The number of carbonyl (C=O) groups is 1. The van der Waals surface area contributed by atoms with Crippen LogP contribution in [0.5, 0.6) is 0 Å². The molecule has 0 saturated carbocycles. The highest BCUT2D eigenvalue weighted by Crippen LogP contribution is 2.29. The minimum absolute atomic E-state index is 0.304. The minimum Gasteiger partial charge on any atom is -0.305 e. The zero-order valence-electron chi connectivity index (χ0n) is 12.3. The lowest BCUT2D eigenvalue weighted by molar-refractivity contribution is -0.138. The summed E-state index contributed by atoms with van der Waals surface area (Å²) >= 11 is 4.55. The van der Waals surface area contributed by atoms with Gasteiger partial charge in [0.05, 0.1) is 15.8 Å². The Labute approximate surface area is 151 Å². The first-order valence-corrected chi connectivity index (χ1v) is 8.47. The summed E-state index contributed by atoms with van der Waals surface area (Å²) in [7, 11) is 0. The predicted octanol–water partition coefficient (Wildman–Crippen LogP) is 3.88. The second-order valence-corrected chi connectivity index (χ2v) is 7.01. The molecule has 0 spiro atoms. The van der Waals surface area contributed by atoms with E-state index in [0.717, 1.165) is 15.2 Å². The van der Waals surface area contributed by atoms with Gasteiger partial charge in [-0.25, -0.2) is 4.98 Å². The number of nitrogens with zero attached hydrogens (tertiary/aromatic N) is 2. The number of halogens is 4. The van der Waals surface area contributed by atoms with Gasteiger partial charge in [-0.1, -0.05) is 27.3 Å². The fourth-order valence-electron chi connectivity index (χ4n) is 2.09. The molecule has 0 aliphatic heterocycles. The van der Waals surface area contributed by atoms with Crippen molar-refractivity contribution in [2.75, 3.05) is 5.32 Å². The quantitative estimate of drug-likeness (QED) is 0.684. The molecule has 5 nitrogen and oxygen atoms in total. The van der Waals surface area contributed by atoms with Gasteiger partial charge in [0.25, 0.3) is 5.56 Å². The Bertz CT molecular complexity index is 1010. The van der Waals surface area contributed by atoms with Gasteiger partial charge in [0.1, 0.15) is 6.54 Å². The lowest BCUT2D eigenvalue weighted by Gasteiger charge is -2.10. The zero-order chi connectivity index (χ0) is 18.2. The molecule has 0 unspecified atom stereocenters. The first-order valence-electron chi connectivity index (χ1n) is 6.86. The molecule has 0 atom stereocenters. The molecule has 1 amide bonds. The lowest BCUT2D eigenvalue weighted by Crippen LogP contribution is -2.28. The number of aromatic nitrogens is 2. The Morgan fingerprint density at radius 3 is 2.76 bits per heavy atom. The minimum atomic E-state index is -4.59. The van der Waals surface area contributed by atoms with Crippen LogP contribution < -0.4 is 10.9 Å². The standard InChI is InChI=1S/C15H9BrF3N3O2S/c16-9-2-3-10-11(5-9)25-14(20-10)21-12(23)7-22-6-8(15(17,18)19)1-4-13(22)24/h1-6H,7H2,(H,20,21,23). The van der Waals surface area contributed by atoms with Crippen molar-refractivity contribution in [2.45, 2.75) is 12.7 Å². The number of fused-ring (bicyclic) bond motifs is 1. The maximum atomic E-state index is 12.7. The molecule has 1 aromatic carbocycles. The molecule has 130 valence electrons. The molecule has 25 heavy (non-hydrogen) atoms. The average Bonchev–Trinajstić information content (AvgIpc) is 2.89. The number of benzene rings is 1. The third-order valence-electron chi connectivity index (χ3n) is 3.22. The van der Waals surface area contributed by atoms with E-state index in [9.17, 15) is 22.8 Å². The van der Waals surface area contributed by atoms with E-state index in [-0.39, 0.29) is 0 Å². The summed E-state index contributed by atoms with van der Waals surface area (Å²) in [5.41, 5.74) is -1.01. The van der Waals surface area contributed by atoms with Crippen molar-refractivity contribution in [3.05, 3.63) is 56.9 Å². The molecule has 10 heteroatoms. The third kappa shape index (κ3) is 4.07. The Morgan fingerprint density at radius 2 is 2.04 bits per heavy atom. The maximum Gasteiger partial charge on any atom is 0.417 e. The van der Waals surface area contributed by atoms with E-state index in [0.29, 0.717) is 27.5 Å². The summed E-state index contributed by atoms with van der Waals surface area (Å²) < 4.78 is 40.5. The van der Waals surface area contributed by atoms with Crippen LogP contribution in [0.25, 0.3) is 10.2 Å². The number of thiazole rings is 1. The number of nitrogens with one attached hydrogen (secondary N) is 1. The number of hydrogen-bond acceptors (Lipinski definition) is 4. The SMILES string of the molecule is O=C(Cn1cc(C(F)(F)F)ccc1=O)Nc1nc2ccc(Br)cc2s1. The molecule has 0 fully saturated rings. The molecule has 3 aromatic rings. The van der Waals surface area contributed by atoms with Gasteiger partial charge in [0, 0.05) is 16.7 Å². The van der Waals surface area contributed by atoms with Crippen LogP contribution >= 0.6 is 27.3 Å². The van der Waals surface area contributed by atoms with Gasteiger partial charge < -0.3 is 9.88 Å². The number of anilines is 1. The average molecular weight is 432 g/mol. The Hall–Kier alpha value is -2.20. The highest BCUT2D eigenvalue weighted by molar-refractivity contribution is 9.10. The van der Waals surface area contributed by atoms with Crippen LogP contribution in [0.1, 0.15) is 5.56 Å². The van der Waals surface area contributed by atoms with Crippen LogP contribution in [0.3, 0.4) is 0 Å². The molecule has 2 aromatic heterocycles. The summed E-state index contributed by atoms with van der Waals surface area (Å²) in [6.45, 7) is -0.539. The zero-order valence-corrected chi connectivity index (χ0v) is 14.7. The molecule has 0 aliphatic rings. The summed E-state index contributed by atoms with van der Waals surface area (Å²) in [6, 6.07) is 6.87. The number of carbonyl (C=O) groups excluding carboxylic acids is 1. The van der Waals surface area contributed by atoms with E-state index < -0.39 is 29.8 Å². The fourth-order valence-corrected chi connectivity index (χ4v) is 3.52. The summed E-state index contributed by atoms with van der Waals surface area (Å²) in [5, 5.41) is 2.80. The third-order valence-corrected chi connectivity index (χ3v) is 4.65.